The largest absolute Gasteiger partial charge is 0.464 e. The lowest BCUT2D eigenvalue weighted by molar-refractivity contribution is 0.0845. The van der Waals surface area contributed by atoms with Gasteiger partial charge in [-0.3, -0.25) is 0 Å². The number of hydrogen-bond acceptors (Lipinski definition) is 2. The second kappa shape index (κ2) is 5.17. The average Bonchev–Trinajstić information content (AvgIpc) is 2.76. The highest BCUT2D eigenvalue weighted by Gasteiger charge is 2.38. The van der Waals surface area contributed by atoms with Crippen LogP contribution in [0.25, 0.3) is 11.0 Å². The molecule has 0 atom stereocenters. The first-order chi connectivity index (χ1) is 9.85. The molecule has 1 aromatic heterocycles. The lowest BCUT2D eigenvalue weighted by atomic mass is 9.63. The molecule has 0 aliphatic heterocycles. The molecule has 0 spiro atoms. The number of rotatable bonds is 3. The molecule has 3 rings (SSSR count). The minimum atomic E-state index is 0.428. The Kier molecular flexibility index (Phi) is 3.61. The maximum absolute atomic E-state index is 5.63. The lowest BCUT2D eigenvalue weighted by Gasteiger charge is -2.45. The van der Waals surface area contributed by atoms with E-state index in [9.17, 15) is 0 Å². The Labute approximate surface area is 127 Å². The van der Waals surface area contributed by atoms with Gasteiger partial charge in [-0.2, -0.15) is 0 Å². The van der Waals surface area contributed by atoms with Gasteiger partial charge in [-0.05, 0) is 36.2 Å². The van der Waals surface area contributed by atoms with Crippen LogP contribution in [0.2, 0.25) is 0 Å². The van der Waals surface area contributed by atoms with Gasteiger partial charge in [0.25, 0.3) is 0 Å². The molecule has 0 saturated heterocycles. The predicted molar refractivity (Wildman–Crippen MR) is 88.3 cm³/mol. The molecule has 2 heteroatoms. The van der Waals surface area contributed by atoms with E-state index in [1.165, 1.54) is 30.2 Å². The molecular formula is C19H27NO. The Morgan fingerprint density at radius 1 is 1.10 bits per heavy atom. The summed E-state index contributed by atoms with van der Waals surface area (Å²) in [5.74, 6) is 0. The van der Waals surface area contributed by atoms with Crippen LogP contribution < -0.4 is 5.32 Å². The number of furan rings is 1. The third kappa shape index (κ3) is 3.32. The molecule has 0 unspecified atom stereocenters. The van der Waals surface area contributed by atoms with E-state index in [1.807, 2.05) is 18.4 Å². The van der Waals surface area contributed by atoms with Gasteiger partial charge in [0, 0.05) is 23.5 Å². The Morgan fingerprint density at radius 2 is 1.76 bits per heavy atom. The van der Waals surface area contributed by atoms with Crippen LogP contribution in [0.3, 0.4) is 0 Å². The van der Waals surface area contributed by atoms with Crippen molar-refractivity contribution < 1.29 is 4.42 Å². The van der Waals surface area contributed by atoms with Gasteiger partial charge in [0.15, 0.2) is 0 Å². The lowest BCUT2D eigenvalue weighted by Crippen LogP contribution is -2.43. The van der Waals surface area contributed by atoms with E-state index >= 15 is 0 Å². The fourth-order valence-corrected chi connectivity index (χ4v) is 4.41. The van der Waals surface area contributed by atoms with E-state index < -0.39 is 0 Å². The van der Waals surface area contributed by atoms with E-state index in [0.717, 1.165) is 12.1 Å². The zero-order chi connectivity index (χ0) is 15.1. The first-order valence-corrected chi connectivity index (χ1v) is 8.03. The summed E-state index contributed by atoms with van der Waals surface area (Å²) in [5.41, 5.74) is 3.11. The molecule has 0 radical (unpaired) electrons. The van der Waals surface area contributed by atoms with E-state index in [-0.39, 0.29) is 0 Å². The number of fused-ring (bicyclic) bond motifs is 1. The third-order valence-corrected chi connectivity index (χ3v) is 4.70. The maximum atomic E-state index is 5.63. The van der Waals surface area contributed by atoms with Crippen molar-refractivity contribution in [1.82, 2.24) is 5.32 Å². The van der Waals surface area contributed by atoms with Crippen molar-refractivity contribution in [3.05, 3.63) is 36.1 Å². The van der Waals surface area contributed by atoms with Crippen molar-refractivity contribution in [2.45, 2.75) is 59.5 Å². The highest BCUT2D eigenvalue weighted by Crippen LogP contribution is 2.45. The normalized spacial score (nSPS) is 21.7. The minimum Gasteiger partial charge on any atom is -0.464 e. The molecule has 0 bridgehead atoms. The first-order valence-electron chi connectivity index (χ1n) is 8.03. The van der Waals surface area contributed by atoms with Crippen molar-refractivity contribution in [2.24, 2.45) is 10.8 Å². The van der Waals surface area contributed by atoms with E-state index in [4.69, 9.17) is 4.42 Å². The predicted octanol–water partition coefficient (Wildman–Crippen LogP) is 5.13. The van der Waals surface area contributed by atoms with Crippen molar-refractivity contribution in [3.63, 3.8) is 0 Å². The topological polar surface area (TPSA) is 25.2 Å². The maximum Gasteiger partial charge on any atom is 0.134 e. The fourth-order valence-electron chi connectivity index (χ4n) is 4.41. The summed E-state index contributed by atoms with van der Waals surface area (Å²) < 4.78 is 5.63. The number of benzene rings is 1. The highest BCUT2D eigenvalue weighted by molar-refractivity contribution is 5.80. The summed E-state index contributed by atoms with van der Waals surface area (Å²) in [5, 5.41) is 5.00. The molecule has 2 nitrogen and oxygen atoms in total. The van der Waals surface area contributed by atoms with E-state index in [0.29, 0.717) is 16.9 Å². The van der Waals surface area contributed by atoms with Gasteiger partial charge in [0.05, 0.1) is 6.26 Å². The molecule has 1 heterocycles. The molecule has 1 aliphatic carbocycles. The smallest absolute Gasteiger partial charge is 0.134 e. The average molecular weight is 285 g/mol. The Hall–Kier alpha value is -1.28. The van der Waals surface area contributed by atoms with Crippen LogP contribution in [0.4, 0.5) is 0 Å². The van der Waals surface area contributed by atoms with Gasteiger partial charge >= 0.3 is 0 Å². The molecule has 114 valence electrons. The van der Waals surface area contributed by atoms with Gasteiger partial charge in [-0.1, -0.05) is 45.9 Å². The first kappa shape index (κ1) is 14.6. The van der Waals surface area contributed by atoms with Crippen molar-refractivity contribution in [1.29, 1.82) is 0 Å². The fraction of sp³-hybridized carbons (Fsp3) is 0.579. The molecular weight excluding hydrogens is 258 g/mol. The monoisotopic (exact) mass is 285 g/mol. The number of hydrogen-bond donors (Lipinski definition) is 1. The molecule has 0 amide bonds. The highest BCUT2D eigenvalue weighted by atomic mass is 16.3. The summed E-state index contributed by atoms with van der Waals surface area (Å²) in [7, 11) is 0. The van der Waals surface area contributed by atoms with Crippen LogP contribution in [0, 0.1) is 10.8 Å². The third-order valence-electron chi connectivity index (χ3n) is 4.70. The number of para-hydroxylation sites is 1. The standard InChI is InChI=1S/C19H27NO/c1-18(2)9-15(10-19(3,4)13-18)20-11-14-12-21-17-8-6-5-7-16(14)17/h5-8,12,15,20H,9-11,13H2,1-4H3. The van der Waals surface area contributed by atoms with Crippen LogP contribution in [-0.4, -0.2) is 6.04 Å². The molecule has 2 aromatic rings. The SMILES string of the molecule is CC1(C)CC(NCc2coc3ccccc23)CC(C)(C)C1. The molecule has 1 N–H and O–H groups in total. The molecule has 1 aliphatic rings. The summed E-state index contributed by atoms with van der Waals surface area (Å²) in [4.78, 5) is 0. The van der Waals surface area contributed by atoms with E-state index in [1.54, 1.807) is 0 Å². The summed E-state index contributed by atoms with van der Waals surface area (Å²) in [6.07, 6.45) is 5.72. The van der Waals surface area contributed by atoms with Crippen molar-refractivity contribution >= 4 is 11.0 Å². The minimum absolute atomic E-state index is 0.428. The Bertz CT molecular complexity index is 607. The van der Waals surface area contributed by atoms with Gasteiger partial charge in [-0.15, -0.1) is 0 Å². The van der Waals surface area contributed by atoms with Crippen molar-refractivity contribution in [2.75, 3.05) is 0 Å². The Morgan fingerprint density at radius 3 is 2.48 bits per heavy atom. The second-order valence-corrected chi connectivity index (χ2v) is 8.25. The van der Waals surface area contributed by atoms with Crippen LogP contribution >= 0.6 is 0 Å². The van der Waals surface area contributed by atoms with Crippen LogP contribution in [-0.2, 0) is 6.54 Å². The molecule has 21 heavy (non-hydrogen) atoms. The summed E-state index contributed by atoms with van der Waals surface area (Å²) in [6, 6.07) is 8.87. The molecule has 1 saturated carbocycles. The Balaban J connectivity index is 1.70. The van der Waals surface area contributed by atoms with Gasteiger partial charge in [0.1, 0.15) is 5.58 Å². The van der Waals surface area contributed by atoms with Crippen LogP contribution in [0.5, 0.6) is 0 Å². The molecule has 1 fully saturated rings. The van der Waals surface area contributed by atoms with E-state index in [2.05, 4.69) is 45.1 Å². The van der Waals surface area contributed by atoms with Crippen LogP contribution in [0.1, 0.15) is 52.5 Å². The zero-order valence-corrected chi connectivity index (χ0v) is 13.7. The summed E-state index contributed by atoms with van der Waals surface area (Å²) in [6.45, 7) is 10.5. The van der Waals surface area contributed by atoms with Gasteiger partial charge in [-0.25, -0.2) is 0 Å². The quantitative estimate of drug-likeness (QED) is 0.846. The second-order valence-electron chi connectivity index (χ2n) is 8.25. The summed E-state index contributed by atoms with van der Waals surface area (Å²) >= 11 is 0. The van der Waals surface area contributed by atoms with Crippen LogP contribution in [0.15, 0.2) is 34.9 Å². The van der Waals surface area contributed by atoms with Gasteiger partial charge in [0.2, 0.25) is 0 Å². The van der Waals surface area contributed by atoms with Gasteiger partial charge < -0.3 is 9.73 Å². The zero-order valence-electron chi connectivity index (χ0n) is 13.7. The number of nitrogens with one attached hydrogen (secondary N) is 1. The molecule has 1 aromatic carbocycles. The van der Waals surface area contributed by atoms with Crippen molar-refractivity contribution in [3.8, 4) is 0 Å².